The van der Waals surface area contributed by atoms with Gasteiger partial charge in [-0.25, -0.2) is 0 Å². The van der Waals surface area contributed by atoms with Crippen molar-refractivity contribution >= 4 is 16.8 Å². The molecule has 1 atom stereocenters. The first-order valence-corrected chi connectivity index (χ1v) is 10.2. The van der Waals surface area contributed by atoms with Crippen molar-refractivity contribution in [3.8, 4) is 22.8 Å². The number of nitrogens with zero attached hydrogens (tertiary/aromatic N) is 3. The molecule has 1 saturated heterocycles. The van der Waals surface area contributed by atoms with Gasteiger partial charge in [0.05, 0.1) is 25.4 Å². The number of benzene rings is 1. The van der Waals surface area contributed by atoms with E-state index >= 15 is 0 Å². The molecule has 0 aliphatic carbocycles. The Hall–Kier alpha value is -3.06. The summed E-state index contributed by atoms with van der Waals surface area (Å²) in [6.45, 7) is 2.25. The van der Waals surface area contributed by atoms with Crippen LogP contribution in [-0.2, 0) is 11.3 Å². The minimum Gasteiger partial charge on any atom is -0.493 e. The molecule has 7 nitrogen and oxygen atoms in total. The van der Waals surface area contributed by atoms with Crippen LogP contribution in [0.5, 0.6) is 11.5 Å². The van der Waals surface area contributed by atoms with E-state index in [-0.39, 0.29) is 18.5 Å². The van der Waals surface area contributed by atoms with Crippen molar-refractivity contribution in [2.45, 2.75) is 25.4 Å². The van der Waals surface area contributed by atoms with Crippen LogP contribution in [0.25, 0.3) is 22.2 Å². The van der Waals surface area contributed by atoms with Crippen LogP contribution in [0.1, 0.15) is 12.8 Å². The van der Waals surface area contributed by atoms with Crippen molar-refractivity contribution < 1.29 is 14.3 Å². The molecule has 0 radical (unpaired) electrons. The lowest BCUT2D eigenvalue weighted by Crippen LogP contribution is -2.47. The molecule has 7 heteroatoms. The number of carbonyl (C=O) groups is 1. The Morgan fingerprint density at radius 1 is 1.20 bits per heavy atom. The molecule has 2 aromatic heterocycles. The molecule has 4 rings (SSSR count). The van der Waals surface area contributed by atoms with Gasteiger partial charge >= 0.3 is 0 Å². The number of likely N-dealkylation sites (tertiary alicyclic amines) is 1. The van der Waals surface area contributed by atoms with Gasteiger partial charge in [-0.15, -0.1) is 0 Å². The fraction of sp³-hybridized carbons (Fsp3) is 0.391. The number of amides is 1. The maximum atomic E-state index is 12.8. The second-order valence-corrected chi connectivity index (χ2v) is 7.78. The SMILES string of the molecule is COc1ccc(-c2nccc3ccn(CC(=O)N[C@@H]4CCCN(C)C4)c23)cc1OC. The first-order chi connectivity index (χ1) is 14.6. The van der Waals surface area contributed by atoms with Crippen molar-refractivity contribution in [1.82, 2.24) is 19.8 Å². The summed E-state index contributed by atoms with van der Waals surface area (Å²) in [7, 11) is 5.33. The maximum absolute atomic E-state index is 12.8. The van der Waals surface area contributed by atoms with Crippen LogP contribution in [0.3, 0.4) is 0 Å². The minimum absolute atomic E-state index is 0.0231. The van der Waals surface area contributed by atoms with Crippen molar-refractivity contribution in [2.75, 3.05) is 34.4 Å². The van der Waals surface area contributed by atoms with Crippen molar-refractivity contribution in [2.24, 2.45) is 0 Å². The highest BCUT2D eigenvalue weighted by Gasteiger charge is 2.20. The van der Waals surface area contributed by atoms with E-state index in [0.717, 1.165) is 48.1 Å². The molecule has 1 N–H and O–H groups in total. The molecule has 1 amide bonds. The average Bonchev–Trinajstić information content (AvgIpc) is 3.16. The number of nitrogens with one attached hydrogen (secondary N) is 1. The standard InChI is InChI=1S/C23H28N4O3/c1-26-11-4-5-18(14-26)25-21(28)15-27-12-9-16-8-10-24-22(23(16)27)17-6-7-19(29-2)20(13-17)30-3/h6-10,12-13,18H,4-5,11,14-15H2,1-3H3,(H,25,28)/t18-/m1/s1. The van der Waals surface area contributed by atoms with Gasteiger partial charge in [0.2, 0.25) is 5.91 Å². The Bertz CT molecular complexity index is 1050. The zero-order chi connectivity index (χ0) is 21.1. The number of rotatable bonds is 6. The van der Waals surface area contributed by atoms with Crippen LogP contribution in [0.15, 0.2) is 42.7 Å². The molecular formula is C23H28N4O3. The number of hydrogen-bond donors (Lipinski definition) is 1. The number of likely N-dealkylation sites (N-methyl/N-ethyl adjacent to an activating group) is 1. The molecule has 0 spiro atoms. The van der Waals surface area contributed by atoms with E-state index in [1.807, 2.05) is 41.1 Å². The van der Waals surface area contributed by atoms with E-state index in [0.29, 0.717) is 11.5 Å². The van der Waals surface area contributed by atoms with Crippen LogP contribution in [0.4, 0.5) is 0 Å². The third kappa shape index (κ3) is 4.11. The lowest BCUT2D eigenvalue weighted by molar-refractivity contribution is -0.122. The van der Waals surface area contributed by atoms with E-state index in [1.54, 1.807) is 20.4 Å². The van der Waals surface area contributed by atoms with E-state index in [4.69, 9.17) is 9.47 Å². The summed E-state index contributed by atoms with van der Waals surface area (Å²) >= 11 is 0. The number of hydrogen-bond acceptors (Lipinski definition) is 5. The Balaban J connectivity index is 1.62. The number of fused-ring (bicyclic) bond motifs is 1. The number of methoxy groups -OCH3 is 2. The van der Waals surface area contributed by atoms with Gasteiger partial charge in [0.25, 0.3) is 0 Å². The van der Waals surface area contributed by atoms with Crippen molar-refractivity contribution in [1.29, 1.82) is 0 Å². The van der Waals surface area contributed by atoms with Crippen molar-refractivity contribution in [3.05, 3.63) is 42.7 Å². The number of pyridine rings is 1. The van der Waals surface area contributed by atoms with Gasteiger partial charge in [-0.05, 0) is 56.8 Å². The van der Waals surface area contributed by atoms with Gasteiger partial charge < -0.3 is 24.3 Å². The quantitative estimate of drug-likeness (QED) is 0.679. The summed E-state index contributed by atoms with van der Waals surface area (Å²) in [5.41, 5.74) is 2.65. The van der Waals surface area contributed by atoms with E-state index in [9.17, 15) is 4.79 Å². The van der Waals surface area contributed by atoms with Gasteiger partial charge in [-0.1, -0.05) is 0 Å². The smallest absolute Gasteiger partial charge is 0.240 e. The Morgan fingerprint density at radius 3 is 2.80 bits per heavy atom. The van der Waals surface area contributed by atoms with Gasteiger partial charge in [-0.3, -0.25) is 9.78 Å². The summed E-state index contributed by atoms with van der Waals surface area (Å²) in [5, 5.41) is 4.23. The monoisotopic (exact) mass is 408 g/mol. The summed E-state index contributed by atoms with van der Waals surface area (Å²) < 4.78 is 12.8. The predicted octanol–water partition coefficient (Wildman–Crippen LogP) is 2.93. The topological polar surface area (TPSA) is 68.6 Å². The van der Waals surface area contributed by atoms with Gasteiger partial charge in [-0.2, -0.15) is 0 Å². The lowest BCUT2D eigenvalue weighted by Gasteiger charge is -2.30. The average molecular weight is 409 g/mol. The number of carbonyl (C=O) groups excluding carboxylic acids is 1. The molecule has 30 heavy (non-hydrogen) atoms. The number of aromatic nitrogens is 2. The van der Waals surface area contributed by atoms with Crippen molar-refractivity contribution in [3.63, 3.8) is 0 Å². The first kappa shape index (κ1) is 20.2. The normalized spacial score (nSPS) is 17.1. The third-order valence-corrected chi connectivity index (χ3v) is 5.64. The molecule has 0 saturated carbocycles. The molecule has 1 aromatic carbocycles. The Labute approximate surface area is 176 Å². The summed E-state index contributed by atoms with van der Waals surface area (Å²) in [6.07, 6.45) is 5.88. The van der Waals surface area contributed by atoms with Gasteiger partial charge in [0.1, 0.15) is 6.54 Å². The van der Waals surface area contributed by atoms with E-state index < -0.39 is 0 Å². The van der Waals surface area contributed by atoms with E-state index in [1.165, 1.54) is 0 Å². The molecular weight excluding hydrogens is 380 g/mol. The second kappa shape index (κ2) is 8.75. The second-order valence-electron chi connectivity index (χ2n) is 7.78. The van der Waals surface area contributed by atoms with E-state index in [2.05, 4.69) is 22.2 Å². The molecule has 3 heterocycles. The van der Waals surface area contributed by atoms with Crippen LogP contribution in [0.2, 0.25) is 0 Å². The fourth-order valence-corrected chi connectivity index (χ4v) is 4.19. The largest absolute Gasteiger partial charge is 0.493 e. The first-order valence-electron chi connectivity index (χ1n) is 10.2. The fourth-order valence-electron chi connectivity index (χ4n) is 4.19. The van der Waals surface area contributed by atoms with Crippen LogP contribution in [-0.4, -0.2) is 60.8 Å². The summed E-state index contributed by atoms with van der Waals surface area (Å²) in [4.78, 5) is 19.6. The number of piperidine rings is 1. The highest BCUT2D eigenvalue weighted by molar-refractivity contribution is 5.93. The lowest BCUT2D eigenvalue weighted by atomic mass is 10.1. The molecule has 3 aromatic rings. The van der Waals surface area contributed by atoms with Crippen LogP contribution >= 0.6 is 0 Å². The van der Waals surface area contributed by atoms with Gasteiger partial charge in [0, 0.05) is 35.9 Å². The zero-order valence-electron chi connectivity index (χ0n) is 17.7. The molecule has 1 aliphatic rings. The Morgan fingerprint density at radius 2 is 2.03 bits per heavy atom. The van der Waals surface area contributed by atoms with Gasteiger partial charge in [0.15, 0.2) is 11.5 Å². The minimum atomic E-state index is 0.0231. The molecule has 1 fully saturated rings. The third-order valence-electron chi connectivity index (χ3n) is 5.64. The number of ether oxygens (including phenoxy) is 2. The summed E-state index contributed by atoms with van der Waals surface area (Å²) in [5.74, 6) is 1.33. The Kier molecular flexibility index (Phi) is 5.90. The molecule has 158 valence electrons. The predicted molar refractivity (Wildman–Crippen MR) is 117 cm³/mol. The maximum Gasteiger partial charge on any atom is 0.240 e. The van der Waals surface area contributed by atoms with Crippen LogP contribution < -0.4 is 14.8 Å². The summed E-state index contributed by atoms with van der Waals surface area (Å²) in [6, 6.07) is 9.93. The molecule has 0 bridgehead atoms. The highest BCUT2D eigenvalue weighted by atomic mass is 16.5. The van der Waals surface area contributed by atoms with Crippen LogP contribution in [0, 0.1) is 0 Å². The molecule has 0 unspecified atom stereocenters. The zero-order valence-corrected chi connectivity index (χ0v) is 17.7. The molecule has 1 aliphatic heterocycles. The highest BCUT2D eigenvalue weighted by Crippen LogP contribution is 2.34.